The molecule has 1 rings (SSSR count). The molecule has 0 atom stereocenters. The Morgan fingerprint density at radius 3 is 2.53 bits per heavy atom. The molecule has 0 bridgehead atoms. The van der Waals surface area contributed by atoms with Gasteiger partial charge >= 0.3 is 5.97 Å². The van der Waals surface area contributed by atoms with E-state index in [2.05, 4.69) is 11.8 Å². The first-order valence-corrected chi connectivity index (χ1v) is 3.88. The topological polar surface area (TPSA) is 101 Å². The zero-order valence-electron chi connectivity index (χ0n) is 7.52. The summed E-state index contributed by atoms with van der Waals surface area (Å²) in [6, 6.07) is 3.74. The Kier molecular flexibility index (Phi) is 2.94. The van der Waals surface area contributed by atoms with Crippen LogP contribution < -0.4 is 5.73 Å². The molecule has 0 aromatic heterocycles. The van der Waals surface area contributed by atoms with Gasteiger partial charge in [0.2, 0.25) is 0 Å². The lowest BCUT2D eigenvalue weighted by atomic mass is 10.1. The molecule has 0 aliphatic heterocycles. The van der Waals surface area contributed by atoms with E-state index < -0.39 is 11.9 Å². The lowest BCUT2D eigenvalue weighted by Crippen LogP contribution is -2.06. The van der Waals surface area contributed by atoms with Gasteiger partial charge in [-0.05, 0) is 24.1 Å². The molecule has 0 heterocycles. The van der Waals surface area contributed by atoms with Crippen LogP contribution in [0.25, 0.3) is 0 Å². The highest BCUT2D eigenvalue weighted by molar-refractivity contribution is 5.93. The number of primary amides is 1. The molecular formula is C10H7NO4. The van der Waals surface area contributed by atoms with Crippen LogP contribution in [0.3, 0.4) is 0 Å². The molecule has 0 aliphatic rings. The molecule has 5 nitrogen and oxygen atoms in total. The van der Waals surface area contributed by atoms with Crippen molar-refractivity contribution in [2.45, 2.75) is 0 Å². The maximum Gasteiger partial charge on any atom is 0.339 e. The van der Waals surface area contributed by atoms with E-state index in [4.69, 9.17) is 15.9 Å². The number of hydrogen-bond donors (Lipinski definition) is 3. The average Bonchev–Trinajstić information content (AvgIpc) is 2.16. The Balaban J connectivity index is 3.15. The summed E-state index contributed by atoms with van der Waals surface area (Å²) in [5.41, 5.74) is 4.81. The van der Waals surface area contributed by atoms with Crippen LogP contribution in [-0.4, -0.2) is 22.1 Å². The van der Waals surface area contributed by atoms with Gasteiger partial charge < -0.3 is 15.9 Å². The summed E-state index contributed by atoms with van der Waals surface area (Å²) >= 11 is 0. The second kappa shape index (κ2) is 4.15. The van der Waals surface area contributed by atoms with Gasteiger partial charge in [-0.3, -0.25) is 4.79 Å². The molecule has 5 heteroatoms. The minimum absolute atomic E-state index is 0.272. The van der Waals surface area contributed by atoms with Gasteiger partial charge in [0, 0.05) is 5.56 Å². The molecule has 0 spiro atoms. The number of aromatic carboxylic acids is 1. The number of carboxylic acid groups (broad SMARTS) is 1. The number of nitrogens with two attached hydrogens (primary N) is 1. The number of aromatic hydroxyl groups is 1. The Labute approximate surface area is 85.1 Å². The monoisotopic (exact) mass is 205 g/mol. The van der Waals surface area contributed by atoms with E-state index in [-0.39, 0.29) is 11.3 Å². The van der Waals surface area contributed by atoms with Crippen LogP contribution in [0.4, 0.5) is 0 Å². The van der Waals surface area contributed by atoms with Crippen molar-refractivity contribution in [3.8, 4) is 17.6 Å². The predicted octanol–water partition coefficient (Wildman–Crippen LogP) is -0.0728. The van der Waals surface area contributed by atoms with E-state index in [1.165, 1.54) is 12.1 Å². The predicted molar refractivity (Wildman–Crippen MR) is 51.1 cm³/mol. The summed E-state index contributed by atoms with van der Waals surface area (Å²) in [6.07, 6.45) is 0. The molecule has 4 N–H and O–H groups in total. The molecule has 0 saturated heterocycles. The molecule has 0 fully saturated rings. The van der Waals surface area contributed by atoms with Gasteiger partial charge in [-0.15, -0.1) is 0 Å². The van der Waals surface area contributed by atoms with Crippen molar-refractivity contribution in [2.24, 2.45) is 5.73 Å². The second-order valence-corrected chi connectivity index (χ2v) is 2.65. The Morgan fingerprint density at radius 1 is 1.33 bits per heavy atom. The zero-order valence-corrected chi connectivity index (χ0v) is 7.52. The fourth-order valence-electron chi connectivity index (χ4n) is 0.919. The van der Waals surface area contributed by atoms with Crippen molar-refractivity contribution in [3.63, 3.8) is 0 Å². The number of phenols is 1. The van der Waals surface area contributed by atoms with Crippen LogP contribution in [-0.2, 0) is 4.79 Å². The molecule has 0 saturated carbocycles. The first-order chi connectivity index (χ1) is 7.00. The highest BCUT2D eigenvalue weighted by atomic mass is 16.4. The maximum atomic E-state index is 10.6. The van der Waals surface area contributed by atoms with Crippen LogP contribution in [0, 0.1) is 11.8 Å². The number of benzene rings is 1. The highest BCUT2D eigenvalue weighted by Gasteiger charge is 2.08. The van der Waals surface area contributed by atoms with Gasteiger partial charge in [-0.1, -0.05) is 5.92 Å². The van der Waals surface area contributed by atoms with Crippen LogP contribution in [0.2, 0.25) is 0 Å². The number of carbonyl (C=O) groups excluding carboxylic acids is 1. The van der Waals surface area contributed by atoms with Crippen molar-refractivity contribution < 1.29 is 19.8 Å². The number of carboxylic acids is 1. The smallest absolute Gasteiger partial charge is 0.339 e. The van der Waals surface area contributed by atoms with Gasteiger partial charge in [0.05, 0.1) is 0 Å². The molecule has 0 unspecified atom stereocenters. The third-order valence-corrected chi connectivity index (χ3v) is 1.56. The van der Waals surface area contributed by atoms with Gasteiger partial charge in [0.25, 0.3) is 5.91 Å². The average molecular weight is 205 g/mol. The van der Waals surface area contributed by atoms with E-state index >= 15 is 0 Å². The third-order valence-electron chi connectivity index (χ3n) is 1.56. The molecule has 0 radical (unpaired) electrons. The Hall–Kier alpha value is -2.48. The van der Waals surface area contributed by atoms with Crippen LogP contribution in [0.5, 0.6) is 5.75 Å². The quantitative estimate of drug-likeness (QED) is 0.558. The van der Waals surface area contributed by atoms with E-state index in [0.29, 0.717) is 5.56 Å². The Bertz CT molecular complexity index is 482. The fraction of sp³-hybridized carbons (Fsp3) is 0. The maximum absolute atomic E-state index is 10.6. The molecule has 15 heavy (non-hydrogen) atoms. The van der Waals surface area contributed by atoms with E-state index in [9.17, 15) is 9.59 Å². The van der Waals surface area contributed by atoms with Crippen LogP contribution >= 0.6 is 0 Å². The Morgan fingerprint density at radius 2 is 2.00 bits per heavy atom. The number of carbonyl (C=O) groups is 2. The number of hydrogen-bond acceptors (Lipinski definition) is 3. The molecule has 0 aliphatic carbocycles. The second-order valence-electron chi connectivity index (χ2n) is 2.65. The van der Waals surface area contributed by atoms with Crippen molar-refractivity contribution in [1.82, 2.24) is 0 Å². The van der Waals surface area contributed by atoms with E-state index in [1.54, 1.807) is 0 Å². The largest absolute Gasteiger partial charge is 0.507 e. The molecule has 1 aromatic carbocycles. The standard InChI is InChI=1S/C10H7NO4/c11-9(13)4-2-6-1-3-8(12)7(5-6)10(14)15/h1,3,5,12H,(H2,11,13)(H,14,15). The normalized spacial score (nSPS) is 8.80. The SMILES string of the molecule is NC(=O)C#Cc1ccc(O)c(C(=O)O)c1. The van der Waals surface area contributed by atoms with Gasteiger partial charge in [-0.2, -0.15) is 0 Å². The van der Waals surface area contributed by atoms with Crippen molar-refractivity contribution in [2.75, 3.05) is 0 Å². The first-order valence-electron chi connectivity index (χ1n) is 3.88. The number of amides is 1. The molecule has 1 aromatic rings. The molecule has 76 valence electrons. The molecular weight excluding hydrogens is 198 g/mol. The first kappa shape index (κ1) is 10.6. The number of rotatable bonds is 1. The van der Waals surface area contributed by atoms with Gasteiger partial charge in [0.1, 0.15) is 11.3 Å². The van der Waals surface area contributed by atoms with Crippen molar-refractivity contribution >= 4 is 11.9 Å². The summed E-state index contributed by atoms with van der Waals surface area (Å²) in [5.74, 6) is 2.00. The van der Waals surface area contributed by atoms with Crippen molar-refractivity contribution in [3.05, 3.63) is 29.3 Å². The third kappa shape index (κ3) is 2.74. The summed E-state index contributed by atoms with van der Waals surface area (Å²) in [4.78, 5) is 21.0. The molecule has 1 amide bonds. The lowest BCUT2D eigenvalue weighted by Gasteiger charge is -1.98. The summed E-state index contributed by atoms with van der Waals surface area (Å²) < 4.78 is 0. The van der Waals surface area contributed by atoms with E-state index in [1.807, 2.05) is 0 Å². The van der Waals surface area contributed by atoms with E-state index in [0.717, 1.165) is 6.07 Å². The van der Waals surface area contributed by atoms with Crippen LogP contribution in [0.15, 0.2) is 18.2 Å². The summed E-state index contributed by atoms with van der Waals surface area (Å²) in [7, 11) is 0. The summed E-state index contributed by atoms with van der Waals surface area (Å²) in [6.45, 7) is 0. The highest BCUT2D eigenvalue weighted by Crippen LogP contribution is 2.17. The van der Waals surface area contributed by atoms with Crippen LogP contribution in [0.1, 0.15) is 15.9 Å². The zero-order chi connectivity index (χ0) is 11.4. The summed E-state index contributed by atoms with van der Waals surface area (Å²) in [5, 5.41) is 17.8. The van der Waals surface area contributed by atoms with Gasteiger partial charge in [0.15, 0.2) is 0 Å². The van der Waals surface area contributed by atoms with Crippen molar-refractivity contribution in [1.29, 1.82) is 0 Å². The van der Waals surface area contributed by atoms with Gasteiger partial charge in [-0.25, -0.2) is 4.79 Å². The fourth-order valence-corrected chi connectivity index (χ4v) is 0.919. The minimum Gasteiger partial charge on any atom is -0.507 e. The minimum atomic E-state index is -1.27. The lowest BCUT2D eigenvalue weighted by molar-refractivity contribution is -0.112.